The number of ether oxygens (including phenoxy) is 1. The van der Waals surface area contributed by atoms with Crippen molar-refractivity contribution in [2.24, 2.45) is 0 Å². The molecule has 0 heterocycles. The summed E-state index contributed by atoms with van der Waals surface area (Å²) in [5.74, 6) is -1.21. The Morgan fingerprint density at radius 1 is 1.04 bits per heavy atom. The highest BCUT2D eigenvalue weighted by Crippen LogP contribution is 2.16. The van der Waals surface area contributed by atoms with E-state index in [1.807, 2.05) is 38.1 Å². The number of carbonyl (C=O) groups is 3. The van der Waals surface area contributed by atoms with Gasteiger partial charge in [-0.3, -0.25) is 14.4 Å². The number of benzene rings is 2. The summed E-state index contributed by atoms with van der Waals surface area (Å²) in [6.07, 6.45) is 0.711. The maximum absolute atomic E-state index is 12.6. The number of anilines is 1. The third-order valence-corrected chi connectivity index (χ3v) is 4.20. The Labute approximate surface area is 164 Å². The largest absolute Gasteiger partial charge is 0.497 e. The maximum atomic E-state index is 12.6. The molecule has 0 aliphatic rings. The van der Waals surface area contributed by atoms with Crippen molar-refractivity contribution in [2.45, 2.75) is 32.9 Å². The van der Waals surface area contributed by atoms with Gasteiger partial charge in [0.2, 0.25) is 0 Å². The van der Waals surface area contributed by atoms with Crippen molar-refractivity contribution < 1.29 is 19.1 Å². The number of hydrogen-bond acceptors (Lipinski definition) is 4. The van der Waals surface area contributed by atoms with E-state index < -0.39 is 11.8 Å². The highest BCUT2D eigenvalue weighted by Gasteiger charge is 2.18. The van der Waals surface area contributed by atoms with E-state index in [0.29, 0.717) is 18.7 Å². The van der Waals surface area contributed by atoms with E-state index in [4.69, 9.17) is 4.74 Å². The predicted octanol–water partition coefficient (Wildman–Crippen LogP) is 2.48. The number of para-hydroxylation sites is 1. The van der Waals surface area contributed by atoms with Crippen LogP contribution >= 0.6 is 0 Å². The first kappa shape index (κ1) is 21.0. The van der Waals surface area contributed by atoms with Crippen LogP contribution in [0.4, 0.5) is 5.69 Å². The van der Waals surface area contributed by atoms with Crippen LogP contribution in [0.3, 0.4) is 0 Å². The lowest BCUT2D eigenvalue weighted by Crippen LogP contribution is -2.40. The fraction of sp³-hybridized carbons (Fsp3) is 0.286. The van der Waals surface area contributed by atoms with Crippen LogP contribution in [0.25, 0.3) is 0 Å². The Morgan fingerprint density at radius 3 is 2.50 bits per heavy atom. The fourth-order valence-corrected chi connectivity index (χ4v) is 2.42. The van der Waals surface area contributed by atoms with E-state index in [-0.39, 0.29) is 23.2 Å². The molecule has 3 N–H and O–H groups in total. The summed E-state index contributed by atoms with van der Waals surface area (Å²) >= 11 is 0. The van der Waals surface area contributed by atoms with Gasteiger partial charge in [0.05, 0.1) is 18.4 Å². The Kier molecular flexibility index (Phi) is 7.56. The zero-order valence-corrected chi connectivity index (χ0v) is 16.2. The maximum Gasteiger partial charge on any atom is 0.313 e. The van der Waals surface area contributed by atoms with Crippen LogP contribution in [0.5, 0.6) is 5.75 Å². The normalized spacial score (nSPS) is 11.2. The Balaban J connectivity index is 2.04. The molecule has 148 valence electrons. The van der Waals surface area contributed by atoms with Crippen molar-refractivity contribution in [2.75, 3.05) is 12.4 Å². The van der Waals surface area contributed by atoms with Gasteiger partial charge in [-0.2, -0.15) is 0 Å². The molecule has 2 aromatic carbocycles. The van der Waals surface area contributed by atoms with E-state index in [0.717, 1.165) is 5.56 Å². The first-order chi connectivity index (χ1) is 13.4. The number of carbonyl (C=O) groups excluding carboxylic acids is 3. The first-order valence-electron chi connectivity index (χ1n) is 9.06. The molecule has 0 fully saturated rings. The average molecular weight is 383 g/mol. The molecule has 2 aromatic rings. The van der Waals surface area contributed by atoms with Crippen LogP contribution < -0.4 is 20.7 Å². The third-order valence-electron chi connectivity index (χ3n) is 4.20. The lowest BCUT2D eigenvalue weighted by Gasteiger charge is -2.13. The Hall–Kier alpha value is -3.35. The van der Waals surface area contributed by atoms with Gasteiger partial charge in [0.1, 0.15) is 5.75 Å². The zero-order valence-electron chi connectivity index (χ0n) is 16.2. The van der Waals surface area contributed by atoms with Crippen LogP contribution in [0.15, 0.2) is 48.5 Å². The number of amides is 3. The van der Waals surface area contributed by atoms with Gasteiger partial charge >= 0.3 is 11.8 Å². The highest BCUT2D eigenvalue weighted by molar-refractivity contribution is 6.40. The molecule has 1 atom stereocenters. The van der Waals surface area contributed by atoms with Gasteiger partial charge in [0, 0.05) is 12.6 Å². The van der Waals surface area contributed by atoms with Crippen molar-refractivity contribution in [1.82, 2.24) is 10.6 Å². The molecule has 0 saturated carbocycles. The minimum Gasteiger partial charge on any atom is -0.497 e. The van der Waals surface area contributed by atoms with E-state index in [9.17, 15) is 14.4 Å². The molecular weight excluding hydrogens is 358 g/mol. The smallest absolute Gasteiger partial charge is 0.313 e. The van der Waals surface area contributed by atoms with Crippen LogP contribution in [0.2, 0.25) is 0 Å². The van der Waals surface area contributed by atoms with Crippen LogP contribution in [-0.4, -0.2) is 30.9 Å². The highest BCUT2D eigenvalue weighted by atomic mass is 16.5. The Bertz CT molecular complexity index is 851. The minimum absolute atomic E-state index is 0.111. The molecule has 3 amide bonds. The van der Waals surface area contributed by atoms with Crippen molar-refractivity contribution in [1.29, 1.82) is 0 Å². The number of hydrogen-bond donors (Lipinski definition) is 3. The summed E-state index contributed by atoms with van der Waals surface area (Å²) < 4.78 is 5.17. The molecule has 0 aromatic heterocycles. The molecule has 2 rings (SSSR count). The summed E-state index contributed by atoms with van der Waals surface area (Å²) in [4.78, 5) is 36.6. The van der Waals surface area contributed by atoms with Crippen molar-refractivity contribution in [3.8, 4) is 5.75 Å². The van der Waals surface area contributed by atoms with Crippen molar-refractivity contribution in [3.05, 3.63) is 59.7 Å². The van der Waals surface area contributed by atoms with Gasteiger partial charge in [-0.1, -0.05) is 31.2 Å². The van der Waals surface area contributed by atoms with E-state index >= 15 is 0 Å². The van der Waals surface area contributed by atoms with Crippen molar-refractivity contribution in [3.63, 3.8) is 0 Å². The lowest BCUT2D eigenvalue weighted by atomic mass is 10.1. The molecule has 0 aliphatic heterocycles. The van der Waals surface area contributed by atoms with Gasteiger partial charge in [0.25, 0.3) is 5.91 Å². The average Bonchev–Trinajstić information content (AvgIpc) is 2.72. The summed E-state index contributed by atoms with van der Waals surface area (Å²) in [7, 11) is 1.58. The molecule has 0 spiro atoms. The van der Waals surface area contributed by atoms with Crippen LogP contribution in [-0.2, 0) is 16.1 Å². The zero-order chi connectivity index (χ0) is 20.5. The molecule has 0 bridgehead atoms. The number of rotatable bonds is 7. The second kappa shape index (κ2) is 10.1. The summed E-state index contributed by atoms with van der Waals surface area (Å²) in [6.45, 7) is 4.02. The fourth-order valence-electron chi connectivity index (χ4n) is 2.42. The topological polar surface area (TPSA) is 96.5 Å². The minimum atomic E-state index is -0.812. The molecule has 0 unspecified atom stereocenters. The quantitative estimate of drug-likeness (QED) is 0.640. The van der Waals surface area contributed by atoms with Gasteiger partial charge in [0.15, 0.2) is 0 Å². The molecule has 7 heteroatoms. The predicted molar refractivity (Wildman–Crippen MR) is 107 cm³/mol. The molecule has 7 nitrogen and oxygen atoms in total. The summed E-state index contributed by atoms with van der Waals surface area (Å²) in [6, 6.07) is 13.8. The molecule has 0 radical (unpaired) electrons. The Morgan fingerprint density at radius 2 is 1.79 bits per heavy atom. The molecule has 0 saturated heterocycles. The van der Waals surface area contributed by atoms with Gasteiger partial charge < -0.3 is 20.7 Å². The number of nitrogens with one attached hydrogen (secondary N) is 3. The van der Waals surface area contributed by atoms with Crippen LogP contribution in [0, 0.1) is 0 Å². The molecule has 28 heavy (non-hydrogen) atoms. The first-order valence-corrected chi connectivity index (χ1v) is 9.06. The van der Waals surface area contributed by atoms with E-state index in [2.05, 4.69) is 16.0 Å². The van der Waals surface area contributed by atoms with Gasteiger partial charge in [-0.15, -0.1) is 0 Å². The molecule has 0 aliphatic carbocycles. The van der Waals surface area contributed by atoms with Gasteiger partial charge in [-0.05, 0) is 43.2 Å². The number of methoxy groups -OCH3 is 1. The van der Waals surface area contributed by atoms with E-state index in [1.54, 1.807) is 31.4 Å². The second-order valence-corrected chi connectivity index (χ2v) is 6.32. The van der Waals surface area contributed by atoms with Gasteiger partial charge in [-0.25, -0.2) is 0 Å². The third kappa shape index (κ3) is 5.84. The second-order valence-electron chi connectivity index (χ2n) is 6.32. The van der Waals surface area contributed by atoms with Crippen molar-refractivity contribution >= 4 is 23.4 Å². The van der Waals surface area contributed by atoms with E-state index in [1.165, 1.54) is 0 Å². The summed E-state index contributed by atoms with van der Waals surface area (Å²) in [5.41, 5.74) is 1.42. The lowest BCUT2D eigenvalue weighted by molar-refractivity contribution is -0.136. The SMILES string of the molecule is CC[C@@H](C)NC(=O)C(=O)Nc1ccccc1C(=O)NCc1cccc(OC)c1. The monoisotopic (exact) mass is 383 g/mol. The standard InChI is InChI=1S/C21H25N3O4/c1-4-14(2)23-20(26)21(27)24-18-11-6-5-10-17(18)19(25)22-13-15-8-7-9-16(12-15)28-3/h5-12,14H,4,13H2,1-3H3,(H,22,25)(H,23,26)(H,24,27)/t14-/m1/s1. The molecular formula is C21H25N3O4. The van der Waals surface area contributed by atoms with Crippen LogP contribution in [0.1, 0.15) is 36.2 Å². The summed E-state index contributed by atoms with van der Waals surface area (Å²) in [5, 5.41) is 7.90.